The number of unbranched alkanes of at least 4 members (excludes halogenated alkanes) is 2. The van der Waals surface area contributed by atoms with Crippen molar-refractivity contribution in [2.45, 2.75) is 49.2 Å². The first-order valence-corrected chi connectivity index (χ1v) is 15.9. The number of methoxy groups -OCH3 is 1. The fourth-order valence-corrected chi connectivity index (χ4v) is 6.58. The lowest BCUT2D eigenvalue weighted by Gasteiger charge is -2.24. The van der Waals surface area contributed by atoms with E-state index >= 15 is 0 Å². The van der Waals surface area contributed by atoms with Gasteiger partial charge in [-0.2, -0.15) is 0 Å². The van der Waals surface area contributed by atoms with Gasteiger partial charge in [-0.25, -0.2) is 0 Å². The third-order valence-corrected chi connectivity index (χ3v) is 9.18. The van der Waals surface area contributed by atoms with Crippen molar-refractivity contribution in [3.8, 4) is 11.5 Å². The summed E-state index contributed by atoms with van der Waals surface area (Å²) in [6.45, 7) is 4.36. The van der Waals surface area contributed by atoms with Crippen LogP contribution < -0.4 is 14.4 Å². The van der Waals surface area contributed by atoms with Crippen LogP contribution in [0.3, 0.4) is 0 Å². The van der Waals surface area contributed by atoms with Crippen LogP contribution in [-0.4, -0.2) is 40.7 Å². The molecule has 12 heteroatoms. The van der Waals surface area contributed by atoms with Crippen molar-refractivity contribution >= 4 is 51.5 Å². The summed E-state index contributed by atoms with van der Waals surface area (Å²) in [6, 6.07) is 14.8. The maximum absolute atomic E-state index is 13.7. The molecule has 0 fully saturated rings. The summed E-state index contributed by atoms with van der Waals surface area (Å²) < 4.78 is 17.8. The number of ether oxygens (including phenoxy) is 2. The summed E-state index contributed by atoms with van der Waals surface area (Å²) >= 11 is 8.64. The van der Waals surface area contributed by atoms with E-state index in [0.29, 0.717) is 44.5 Å². The fourth-order valence-electron chi connectivity index (χ4n) is 4.63. The molecule has 9 nitrogen and oxygen atoms in total. The molecule has 4 aromatic rings. The van der Waals surface area contributed by atoms with E-state index in [1.165, 1.54) is 41.2 Å². The number of amides is 1. The summed E-state index contributed by atoms with van der Waals surface area (Å²) in [5.41, 5.74) is 1.45. The number of hydrogen-bond donors (Lipinski definition) is 1. The highest BCUT2D eigenvalue weighted by molar-refractivity contribution is 8.00. The van der Waals surface area contributed by atoms with Gasteiger partial charge in [-0.1, -0.05) is 72.7 Å². The second-order valence-corrected chi connectivity index (χ2v) is 12.4. The summed E-state index contributed by atoms with van der Waals surface area (Å²) in [4.78, 5) is 28.6. The highest BCUT2D eigenvalue weighted by Crippen LogP contribution is 2.45. The number of nitrogens with zero attached hydrogens (tertiary/aromatic N) is 3. The number of halogens is 1. The van der Waals surface area contributed by atoms with Crippen molar-refractivity contribution in [1.29, 1.82) is 0 Å². The van der Waals surface area contributed by atoms with Crippen LogP contribution in [0.15, 0.2) is 74.7 Å². The zero-order chi connectivity index (χ0) is 30.5. The van der Waals surface area contributed by atoms with Gasteiger partial charge in [-0.05, 0) is 60.9 Å². The quantitative estimate of drug-likeness (QED) is 0.0678. The van der Waals surface area contributed by atoms with Crippen LogP contribution in [-0.2, 0) is 10.5 Å². The number of benzene rings is 2. The number of carbonyl (C=O) groups is 2. The van der Waals surface area contributed by atoms with Crippen molar-refractivity contribution in [3.63, 3.8) is 0 Å². The highest BCUT2D eigenvalue weighted by Gasteiger charge is 2.47. The van der Waals surface area contributed by atoms with Gasteiger partial charge in [0.2, 0.25) is 10.9 Å². The zero-order valence-electron chi connectivity index (χ0n) is 23.8. The number of thioether (sulfide) groups is 1. The van der Waals surface area contributed by atoms with Gasteiger partial charge < -0.3 is 19.0 Å². The van der Waals surface area contributed by atoms with Crippen molar-refractivity contribution < 1.29 is 28.6 Å². The van der Waals surface area contributed by atoms with Gasteiger partial charge in [0, 0.05) is 10.8 Å². The lowest BCUT2D eigenvalue weighted by molar-refractivity contribution is -0.117. The second-order valence-electron chi connectivity index (χ2n) is 9.81. The van der Waals surface area contributed by atoms with E-state index in [-0.39, 0.29) is 16.5 Å². The van der Waals surface area contributed by atoms with Crippen molar-refractivity contribution in [2.75, 3.05) is 18.6 Å². The third kappa shape index (κ3) is 6.74. The summed E-state index contributed by atoms with van der Waals surface area (Å²) in [5, 5.41) is 20.5. The first-order chi connectivity index (χ1) is 20.8. The average molecular weight is 640 g/mol. The predicted octanol–water partition coefficient (Wildman–Crippen LogP) is 7.75. The molecule has 0 bridgehead atoms. The molecule has 1 aliphatic rings. The number of Topliss-reactive ketones (excluding diaryl/α,β-unsaturated/α-hetero) is 1. The number of aromatic nitrogens is 2. The molecular weight excluding hydrogens is 610 g/mol. The number of hydrogen-bond acceptors (Lipinski definition) is 10. The molecule has 5 rings (SSSR count). The normalized spacial score (nSPS) is 14.9. The van der Waals surface area contributed by atoms with Gasteiger partial charge in [-0.15, -0.1) is 10.2 Å². The molecule has 2 aromatic heterocycles. The molecule has 43 heavy (non-hydrogen) atoms. The Kier molecular flexibility index (Phi) is 9.74. The largest absolute Gasteiger partial charge is 0.503 e. The number of aliphatic hydroxyl groups excluding tert-OH is 1. The van der Waals surface area contributed by atoms with Crippen LogP contribution in [0, 0.1) is 6.92 Å². The Morgan fingerprint density at radius 2 is 1.91 bits per heavy atom. The van der Waals surface area contributed by atoms with E-state index in [2.05, 4.69) is 17.1 Å². The molecule has 3 heterocycles. The molecule has 1 amide bonds. The smallest absolute Gasteiger partial charge is 0.296 e. The molecule has 0 radical (unpaired) electrons. The number of anilines is 1. The Bertz CT molecular complexity index is 1650. The highest BCUT2D eigenvalue weighted by atomic mass is 35.5. The Morgan fingerprint density at radius 1 is 1.12 bits per heavy atom. The van der Waals surface area contributed by atoms with Crippen molar-refractivity contribution in [2.24, 2.45) is 0 Å². The van der Waals surface area contributed by atoms with Crippen LogP contribution in [0.1, 0.15) is 59.7 Å². The van der Waals surface area contributed by atoms with Crippen LogP contribution in [0.4, 0.5) is 5.13 Å². The molecule has 1 atom stereocenters. The van der Waals surface area contributed by atoms with Crippen LogP contribution >= 0.6 is 34.7 Å². The lowest BCUT2D eigenvalue weighted by Crippen LogP contribution is -2.31. The molecular formula is C31H30ClN3O6S2. The fraction of sp³-hybridized carbons (Fsp3) is 0.290. The molecule has 0 saturated carbocycles. The molecule has 0 saturated heterocycles. The Balaban J connectivity index is 1.49. The SMILES string of the molecule is CCCCCOc1ccc(C2C(C(=O)c3ccc(C)o3)=C(O)C(=O)N2c2nnc(SCc3ccc(Cl)cc3)s2)cc1OC. The Hall–Kier alpha value is -3.80. The minimum atomic E-state index is -1.02. The molecule has 0 spiro atoms. The molecule has 1 N–H and O–H groups in total. The number of aryl methyl sites for hydroxylation is 1. The molecule has 2 aromatic carbocycles. The first-order valence-electron chi connectivity index (χ1n) is 13.7. The maximum Gasteiger partial charge on any atom is 0.296 e. The standard InChI is InChI=1S/C31H30ClN3O6S2/c1-4-5-6-15-40-22-14-10-20(16-24(22)39-3)26-25(27(36)23-13-7-18(2)41-23)28(37)29(38)35(26)30-33-34-31(43-30)42-17-19-8-11-21(32)12-9-19/h7-14,16,26,37H,4-6,15,17H2,1-3H3. The van der Waals surface area contributed by atoms with Crippen LogP contribution in [0.2, 0.25) is 5.02 Å². The van der Waals surface area contributed by atoms with Crippen molar-refractivity contribution in [1.82, 2.24) is 10.2 Å². The van der Waals surface area contributed by atoms with E-state index in [4.69, 9.17) is 25.5 Å². The minimum Gasteiger partial charge on any atom is -0.503 e. The maximum atomic E-state index is 13.7. The summed E-state index contributed by atoms with van der Waals surface area (Å²) in [6.07, 6.45) is 3.02. The lowest BCUT2D eigenvalue weighted by atomic mass is 9.95. The van der Waals surface area contributed by atoms with Gasteiger partial charge in [0.15, 0.2) is 27.4 Å². The number of furan rings is 1. The molecule has 224 valence electrons. The Labute approximate surface area is 262 Å². The van der Waals surface area contributed by atoms with Crippen molar-refractivity contribution in [3.05, 3.63) is 93.6 Å². The van der Waals surface area contributed by atoms with Crippen LogP contribution in [0.25, 0.3) is 0 Å². The van der Waals surface area contributed by atoms with E-state index < -0.39 is 23.5 Å². The minimum absolute atomic E-state index is 0.0121. The molecule has 0 aliphatic carbocycles. The van der Waals surface area contributed by atoms with Gasteiger partial charge in [0.1, 0.15) is 5.76 Å². The topological polar surface area (TPSA) is 115 Å². The van der Waals surface area contributed by atoms with E-state index in [1.807, 2.05) is 24.3 Å². The molecule has 1 unspecified atom stereocenters. The zero-order valence-corrected chi connectivity index (χ0v) is 26.2. The van der Waals surface area contributed by atoms with Gasteiger partial charge in [0.05, 0.1) is 25.3 Å². The molecule has 1 aliphatic heterocycles. The summed E-state index contributed by atoms with van der Waals surface area (Å²) in [7, 11) is 1.52. The monoisotopic (exact) mass is 639 g/mol. The van der Waals surface area contributed by atoms with Crippen LogP contribution in [0.5, 0.6) is 11.5 Å². The van der Waals surface area contributed by atoms with E-state index in [0.717, 1.165) is 24.8 Å². The van der Waals surface area contributed by atoms with E-state index in [1.54, 1.807) is 31.2 Å². The van der Waals surface area contributed by atoms with Gasteiger partial charge in [-0.3, -0.25) is 14.5 Å². The van der Waals surface area contributed by atoms with Gasteiger partial charge >= 0.3 is 0 Å². The number of carbonyl (C=O) groups excluding carboxylic acids is 2. The predicted molar refractivity (Wildman–Crippen MR) is 167 cm³/mol. The third-order valence-electron chi connectivity index (χ3n) is 6.80. The van der Waals surface area contributed by atoms with Gasteiger partial charge in [0.25, 0.3) is 5.91 Å². The number of aliphatic hydroxyl groups is 1. The number of rotatable bonds is 13. The number of ketones is 1. The Morgan fingerprint density at radius 3 is 2.60 bits per heavy atom. The summed E-state index contributed by atoms with van der Waals surface area (Å²) in [5.74, 6) is 0.0895. The average Bonchev–Trinajstić information content (AvgIpc) is 3.73. The van der Waals surface area contributed by atoms with E-state index in [9.17, 15) is 14.7 Å². The first kappa shape index (κ1) is 30.7. The second kappa shape index (κ2) is 13.7.